The quantitative estimate of drug-likeness (QED) is 0.940. The first kappa shape index (κ1) is 16.5. The van der Waals surface area contributed by atoms with Crippen molar-refractivity contribution in [3.63, 3.8) is 0 Å². The third kappa shape index (κ3) is 3.15. The van der Waals surface area contributed by atoms with Crippen LogP contribution in [-0.4, -0.2) is 35.6 Å². The van der Waals surface area contributed by atoms with Crippen molar-refractivity contribution >= 4 is 18.3 Å². The summed E-state index contributed by atoms with van der Waals surface area (Å²) in [6.07, 6.45) is 0. The molecule has 2 atom stereocenters. The van der Waals surface area contributed by atoms with Gasteiger partial charge >= 0.3 is 0 Å². The summed E-state index contributed by atoms with van der Waals surface area (Å²) in [5.74, 6) is 1.13. The van der Waals surface area contributed by atoms with E-state index in [1.54, 1.807) is 13.0 Å². The van der Waals surface area contributed by atoms with Crippen LogP contribution in [0.3, 0.4) is 0 Å². The second kappa shape index (κ2) is 6.94. The zero-order valence-electron chi connectivity index (χ0n) is 12.4. The van der Waals surface area contributed by atoms with E-state index in [1.165, 1.54) is 5.56 Å². The van der Waals surface area contributed by atoms with Crippen molar-refractivity contribution in [1.29, 1.82) is 0 Å². The highest BCUT2D eigenvalue weighted by molar-refractivity contribution is 5.92. The van der Waals surface area contributed by atoms with Gasteiger partial charge in [0.2, 0.25) is 0 Å². The maximum absolute atomic E-state index is 12.5. The molecule has 0 radical (unpaired) electrons. The Bertz CT molecular complexity index is 629. The van der Waals surface area contributed by atoms with Gasteiger partial charge in [-0.15, -0.1) is 12.4 Å². The molecule has 0 unspecified atom stereocenters. The number of carbonyl (C=O) groups is 1. The lowest BCUT2D eigenvalue weighted by molar-refractivity contribution is 0.0776. The maximum Gasteiger partial charge on any atom is 0.276 e. The van der Waals surface area contributed by atoms with Crippen LogP contribution in [0, 0.1) is 12.8 Å². The SMILES string of the molecule is Cc1cc(C(=O)N2C[C@@H](CN)[C@H](c3ccccc3)C2)no1.Cl. The minimum atomic E-state index is -0.0799. The van der Waals surface area contributed by atoms with Crippen LogP contribution >= 0.6 is 12.4 Å². The van der Waals surface area contributed by atoms with Crippen molar-refractivity contribution in [1.82, 2.24) is 10.1 Å². The van der Waals surface area contributed by atoms with Gasteiger partial charge in [-0.3, -0.25) is 4.79 Å². The molecule has 2 heterocycles. The molecule has 2 N–H and O–H groups in total. The summed E-state index contributed by atoms with van der Waals surface area (Å²) in [4.78, 5) is 14.3. The number of halogens is 1. The van der Waals surface area contributed by atoms with Gasteiger partial charge < -0.3 is 15.2 Å². The standard InChI is InChI=1S/C16H19N3O2.ClH/c1-11-7-15(18-21-11)16(20)19-9-13(8-17)14(10-19)12-5-3-2-4-6-12;/h2-7,13-14H,8-10,17H2,1H3;1H/t13-,14+;/m1./s1. The molecule has 5 nitrogen and oxygen atoms in total. The number of carbonyl (C=O) groups excluding carboxylic acids is 1. The molecule has 3 rings (SSSR count). The Morgan fingerprint density at radius 2 is 2.09 bits per heavy atom. The van der Waals surface area contributed by atoms with Crippen LogP contribution in [0.5, 0.6) is 0 Å². The molecule has 1 aromatic carbocycles. The molecule has 22 heavy (non-hydrogen) atoms. The molecule has 0 aliphatic carbocycles. The van der Waals surface area contributed by atoms with Gasteiger partial charge in [-0.2, -0.15) is 0 Å². The van der Waals surface area contributed by atoms with E-state index in [-0.39, 0.29) is 30.2 Å². The molecule has 0 spiro atoms. The Morgan fingerprint density at radius 1 is 1.36 bits per heavy atom. The fourth-order valence-electron chi connectivity index (χ4n) is 2.98. The number of aryl methyl sites for hydroxylation is 1. The molecular formula is C16H20ClN3O2. The van der Waals surface area contributed by atoms with E-state index >= 15 is 0 Å². The van der Waals surface area contributed by atoms with Gasteiger partial charge in [0.15, 0.2) is 5.69 Å². The predicted molar refractivity (Wildman–Crippen MR) is 86.1 cm³/mol. The monoisotopic (exact) mass is 321 g/mol. The van der Waals surface area contributed by atoms with Gasteiger partial charge in [0.05, 0.1) is 0 Å². The Kier molecular flexibility index (Phi) is 5.21. The zero-order valence-corrected chi connectivity index (χ0v) is 13.3. The van der Waals surface area contributed by atoms with Crippen molar-refractivity contribution in [3.05, 3.63) is 53.4 Å². The Labute approximate surface area is 135 Å². The van der Waals surface area contributed by atoms with Crippen LogP contribution in [0.15, 0.2) is 40.9 Å². The lowest BCUT2D eigenvalue weighted by Gasteiger charge is -2.16. The first-order valence-corrected chi connectivity index (χ1v) is 7.16. The summed E-state index contributed by atoms with van der Waals surface area (Å²) < 4.78 is 4.99. The van der Waals surface area contributed by atoms with E-state index in [9.17, 15) is 4.79 Å². The van der Waals surface area contributed by atoms with Gasteiger partial charge in [-0.05, 0) is 24.9 Å². The van der Waals surface area contributed by atoms with E-state index in [0.717, 1.165) is 0 Å². The summed E-state index contributed by atoms with van der Waals surface area (Å²) in [5.41, 5.74) is 7.50. The summed E-state index contributed by atoms with van der Waals surface area (Å²) in [5, 5.41) is 3.81. The maximum atomic E-state index is 12.5. The number of amides is 1. The van der Waals surface area contributed by atoms with E-state index in [4.69, 9.17) is 10.3 Å². The number of benzene rings is 1. The highest BCUT2D eigenvalue weighted by atomic mass is 35.5. The van der Waals surface area contributed by atoms with Crippen LogP contribution < -0.4 is 5.73 Å². The van der Waals surface area contributed by atoms with E-state index in [1.807, 2.05) is 23.1 Å². The zero-order chi connectivity index (χ0) is 14.8. The van der Waals surface area contributed by atoms with Crippen LogP contribution in [0.25, 0.3) is 0 Å². The second-order valence-corrected chi connectivity index (χ2v) is 5.55. The normalized spacial score (nSPS) is 20.7. The molecule has 118 valence electrons. The fraction of sp³-hybridized carbons (Fsp3) is 0.375. The highest BCUT2D eigenvalue weighted by Crippen LogP contribution is 2.32. The molecule has 1 amide bonds. The van der Waals surface area contributed by atoms with Crippen molar-refractivity contribution < 1.29 is 9.32 Å². The Morgan fingerprint density at radius 3 is 2.68 bits per heavy atom. The first-order valence-electron chi connectivity index (χ1n) is 7.16. The molecular weight excluding hydrogens is 302 g/mol. The third-order valence-corrected chi connectivity index (χ3v) is 4.11. The number of nitrogens with two attached hydrogens (primary N) is 1. The van der Waals surface area contributed by atoms with Crippen molar-refractivity contribution in [2.24, 2.45) is 11.7 Å². The van der Waals surface area contributed by atoms with Gasteiger partial charge in [0.25, 0.3) is 5.91 Å². The highest BCUT2D eigenvalue weighted by Gasteiger charge is 2.36. The number of hydrogen-bond donors (Lipinski definition) is 1. The molecule has 0 bridgehead atoms. The minimum Gasteiger partial charge on any atom is -0.361 e. The number of rotatable bonds is 3. The van der Waals surface area contributed by atoms with Crippen LogP contribution in [-0.2, 0) is 0 Å². The molecule has 1 aliphatic heterocycles. The Hall–Kier alpha value is -1.85. The number of aromatic nitrogens is 1. The molecule has 1 aliphatic rings. The minimum absolute atomic E-state index is 0. The summed E-state index contributed by atoms with van der Waals surface area (Å²) in [6, 6.07) is 11.9. The number of nitrogens with zero attached hydrogens (tertiary/aromatic N) is 2. The Balaban J connectivity index is 0.00000176. The van der Waals surface area contributed by atoms with Crippen LogP contribution in [0.4, 0.5) is 0 Å². The second-order valence-electron chi connectivity index (χ2n) is 5.55. The van der Waals surface area contributed by atoms with Crippen molar-refractivity contribution in [2.75, 3.05) is 19.6 Å². The molecule has 1 fully saturated rings. The first-order chi connectivity index (χ1) is 10.2. The lowest BCUT2D eigenvalue weighted by atomic mass is 9.89. The van der Waals surface area contributed by atoms with E-state index in [2.05, 4.69) is 17.3 Å². The number of hydrogen-bond acceptors (Lipinski definition) is 4. The van der Waals surface area contributed by atoms with Gasteiger partial charge in [0.1, 0.15) is 5.76 Å². The average Bonchev–Trinajstić information content (AvgIpc) is 3.13. The molecule has 0 saturated carbocycles. The molecule has 2 aromatic rings. The van der Waals surface area contributed by atoms with Gasteiger partial charge in [-0.25, -0.2) is 0 Å². The molecule has 1 aromatic heterocycles. The average molecular weight is 322 g/mol. The largest absolute Gasteiger partial charge is 0.361 e. The molecule has 1 saturated heterocycles. The topological polar surface area (TPSA) is 72.4 Å². The molecule has 6 heteroatoms. The fourth-order valence-corrected chi connectivity index (χ4v) is 2.98. The summed E-state index contributed by atoms with van der Waals surface area (Å²) in [6.45, 7) is 3.70. The van der Waals surface area contributed by atoms with Crippen LogP contribution in [0.1, 0.15) is 27.7 Å². The lowest BCUT2D eigenvalue weighted by Crippen LogP contribution is -2.30. The van der Waals surface area contributed by atoms with Crippen molar-refractivity contribution in [3.8, 4) is 0 Å². The predicted octanol–water partition coefficient (Wildman–Crippen LogP) is 2.22. The summed E-state index contributed by atoms with van der Waals surface area (Å²) in [7, 11) is 0. The smallest absolute Gasteiger partial charge is 0.276 e. The van der Waals surface area contributed by atoms with E-state index < -0.39 is 0 Å². The van der Waals surface area contributed by atoms with Gasteiger partial charge in [0, 0.05) is 25.1 Å². The number of likely N-dealkylation sites (tertiary alicyclic amines) is 1. The van der Waals surface area contributed by atoms with Crippen LogP contribution in [0.2, 0.25) is 0 Å². The summed E-state index contributed by atoms with van der Waals surface area (Å²) >= 11 is 0. The van der Waals surface area contributed by atoms with E-state index in [0.29, 0.717) is 31.1 Å². The third-order valence-electron chi connectivity index (χ3n) is 4.11. The van der Waals surface area contributed by atoms with Crippen molar-refractivity contribution in [2.45, 2.75) is 12.8 Å². The van der Waals surface area contributed by atoms with Gasteiger partial charge in [-0.1, -0.05) is 35.5 Å².